The first-order chi connectivity index (χ1) is 9.44. The van der Waals surface area contributed by atoms with E-state index in [1.165, 1.54) is 5.56 Å². The Morgan fingerprint density at radius 3 is 2.70 bits per heavy atom. The second-order valence-electron chi connectivity index (χ2n) is 5.81. The maximum Gasteiger partial charge on any atom is 0.239 e. The van der Waals surface area contributed by atoms with E-state index in [-0.39, 0.29) is 18.0 Å². The molecule has 5 heteroatoms. The fourth-order valence-electron chi connectivity index (χ4n) is 1.93. The van der Waals surface area contributed by atoms with Gasteiger partial charge in [0.05, 0.1) is 18.3 Å². The van der Waals surface area contributed by atoms with Crippen molar-refractivity contribution in [3.8, 4) is 0 Å². The first-order valence-electron chi connectivity index (χ1n) is 6.75. The van der Waals surface area contributed by atoms with Crippen LogP contribution in [0.5, 0.6) is 0 Å². The van der Waals surface area contributed by atoms with Gasteiger partial charge in [-0.15, -0.1) is 0 Å². The third kappa shape index (κ3) is 4.56. The van der Waals surface area contributed by atoms with Crippen LogP contribution < -0.4 is 10.6 Å². The van der Waals surface area contributed by atoms with Gasteiger partial charge in [0, 0.05) is 5.54 Å². The van der Waals surface area contributed by atoms with Crippen molar-refractivity contribution in [3.63, 3.8) is 0 Å². The predicted molar refractivity (Wildman–Crippen MR) is 85.0 cm³/mol. The Bertz CT molecular complexity index is 494. The molecular weight excluding hydrogens is 270 g/mol. The van der Waals surface area contributed by atoms with Crippen molar-refractivity contribution in [1.82, 2.24) is 10.6 Å². The van der Waals surface area contributed by atoms with Crippen LogP contribution in [0.2, 0.25) is 0 Å². The Balaban J connectivity index is 1.78. The Morgan fingerprint density at radius 1 is 1.35 bits per heavy atom. The van der Waals surface area contributed by atoms with Gasteiger partial charge in [0.15, 0.2) is 5.17 Å². The fourth-order valence-corrected chi connectivity index (χ4v) is 2.95. The van der Waals surface area contributed by atoms with E-state index in [4.69, 9.17) is 0 Å². The number of amidine groups is 1. The number of nitrogens with one attached hydrogen (secondary N) is 2. The molecule has 2 rings (SSSR count). The van der Waals surface area contributed by atoms with E-state index < -0.39 is 0 Å². The molecule has 1 atom stereocenters. The Morgan fingerprint density at radius 2 is 2.05 bits per heavy atom. The van der Waals surface area contributed by atoms with Crippen LogP contribution in [0.25, 0.3) is 0 Å². The van der Waals surface area contributed by atoms with Crippen LogP contribution in [0.1, 0.15) is 31.6 Å². The van der Waals surface area contributed by atoms with Crippen molar-refractivity contribution < 1.29 is 4.79 Å². The van der Waals surface area contributed by atoms with Gasteiger partial charge in [-0.25, -0.2) is 0 Å². The number of amides is 1. The number of hydrogen-bond donors (Lipinski definition) is 2. The van der Waals surface area contributed by atoms with Gasteiger partial charge in [-0.2, -0.15) is 0 Å². The smallest absolute Gasteiger partial charge is 0.239 e. The maximum atomic E-state index is 11.7. The van der Waals surface area contributed by atoms with E-state index in [1.54, 1.807) is 11.8 Å². The van der Waals surface area contributed by atoms with Crippen LogP contribution >= 0.6 is 11.8 Å². The van der Waals surface area contributed by atoms with Crippen LogP contribution in [0.15, 0.2) is 35.3 Å². The summed E-state index contributed by atoms with van der Waals surface area (Å²) in [6.07, 6.45) is 0. The molecule has 1 amide bonds. The lowest BCUT2D eigenvalue weighted by Crippen LogP contribution is -2.45. The monoisotopic (exact) mass is 291 g/mol. The molecule has 2 N–H and O–H groups in total. The van der Waals surface area contributed by atoms with Crippen molar-refractivity contribution in [2.75, 3.05) is 13.1 Å². The molecule has 0 spiro atoms. The number of nitrogens with zero attached hydrogens (tertiary/aromatic N) is 1. The summed E-state index contributed by atoms with van der Waals surface area (Å²) in [4.78, 5) is 16.2. The summed E-state index contributed by atoms with van der Waals surface area (Å²) in [6.45, 7) is 6.94. The molecule has 0 bridgehead atoms. The summed E-state index contributed by atoms with van der Waals surface area (Å²) in [6, 6.07) is 10.3. The first-order valence-corrected chi connectivity index (χ1v) is 7.63. The van der Waals surface area contributed by atoms with Gasteiger partial charge < -0.3 is 10.6 Å². The summed E-state index contributed by atoms with van der Waals surface area (Å²) in [5.41, 5.74) is 1.08. The third-order valence-corrected chi connectivity index (χ3v) is 3.94. The van der Waals surface area contributed by atoms with Crippen LogP contribution in [0.3, 0.4) is 0 Å². The zero-order valence-electron chi connectivity index (χ0n) is 12.1. The van der Waals surface area contributed by atoms with Crippen molar-refractivity contribution in [1.29, 1.82) is 0 Å². The van der Waals surface area contributed by atoms with E-state index in [9.17, 15) is 4.79 Å². The predicted octanol–water partition coefficient (Wildman–Crippen LogP) is 2.33. The lowest BCUT2D eigenvalue weighted by Gasteiger charge is -2.20. The second-order valence-corrected chi connectivity index (χ2v) is 7.01. The van der Waals surface area contributed by atoms with Gasteiger partial charge in [-0.05, 0) is 26.3 Å². The second kappa shape index (κ2) is 6.31. The third-order valence-electron chi connectivity index (χ3n) is 2.74. The van der Waals surface area contributed by atoms with Gasteiger partial charge in [-0.1, -0.05) is 42.1 Å². The molecule has 108 valence electrons. The van der Waals surface area contributed by atoms with E-state index in [1.807, 2.05) is 39.0 Å². The zero-order chi connectivity index (χ0) is 14.6. The largest absolute Gasteiger partial charge is 0.356 e. The zero-order valence-corrected chi connectivity index (χ0v) is 13.0. The lowest BCUT2D eigenvalue weighted by atomic mass is 10.1. The summed E-state index contributed by atoms with van der Waals surface area (Å²) in [7, 11) is 0. The maximum absolute atomic E-state index is 11.7. The molecule has 0 aliphatic carbocycles. The summed E-state index contributed by atoms with van der Waals surface area (Å²) < 4.78 is 0. The molecule has 1 heterocycles. The standard InChI is InChI=1S/C15H21N3OS/c1-15(2,3)18-13(19)10-17-14-16-9-12(20-14)11-7-5-4-6-8-11/h4-8,12H,9-10H2,1-3H3,(H,16,17)(H,18,19). The molecule has 1 aliphatic rings. The topological polar surface area (TPSA) is 53.5 Å². The Kier molecular flexibility index (Phi) is 4.70. The number of hydrogen-bond acceptors (Lipinski definition) is 4. The van der Waals surface area contributed by atoms with Crippen molar-refractivity contribution in [3.05, 3.63) is 35.9 Å². The van der Waals surface area contributed by atoms with E-state index >= 15 is 0 Å². The highest BCUT2D eigenvalue weighted by Gasteiger charge is 2.21. The number of aliphatic imine (C=N–C) groups is 1. The summed E-state index contributed by atoms with van der Waals surface area (Å²) >= 11 is 1.68. The minimum atomic E-state index is -0.198. The number of carbonyl (C=O) groups excluding carboxylic acids is 1. The molecule has 0 radical (unpaired) electrons. The highest BCUT2D eigenvalue weighted by molar-refractivity contribution is 8.14. The minimum Gasteiger partial charge on any atom is -0.356 e. The Hall–Kier alpha value is -1.49. The molecule has 1 unspecified atom stereocenters. The molecular formula is C15H21N3OS. The van der Waals surface area contributed by atoms with Crippen molar-refractivity contribution in [2.45, 2.75) is 31.6 Å². The van der Waals surface area contributed by atoms with E-state index in [0.29, 0.717) is 5.25 Å². The van der Waals surface area contributed by atoms with Crippen molar-refractivity contribution >= 4 is 22.8 Å². The summed E-state index contributed by atoms with van der Waals surface area (Å²) in [5.74, 6) is -0.0102. The number of rotatable bonds is 3. The fraction of sp³-hybridized carbons (Fsp3) is 0.467. The van der Waals surface area contributed by atoms with Crippen LogP contribution in [-0.2, 0) is 4.79 Å². The highest BCUT2D eigenvalue weighted by Crippen LogP contribution is 2.33. The van der Waals surface area contributed by atoms with Gasteiger partial charge in [-0.3, -0.25) is 9.79 Å². The van der Waals surface area contributed by atoms with Gasteiger partial charge in [0.25, 0.3) is 0 Å². The van der Waals surface area contributed by atoms with Crippen LogP contribution in [0, 0.1) is 0 Å². The van der Waals surface area contributed by atoms with Crippen molar-refractivity contribution in [2.24, 2.45) is 4.99 Å². The first kappa shape index (κ1) is 14.9. The molecule has 0 fully saturated rings. The molecule has 0 saturated carbocycles. The highest BCUT2D eigenvalue weighted by atomic mass is 32.2. The molecule has 1 aromatic carbocycles. The van der Waals surface area contributed by atoms with Gasteiger partial charge in [0.2, 0.25) is 5.91 Å². The van der Waals surface area contributed by atoms with Crippen LogP contribution in [-0.4, -0.2) is 29.7 Å². The SMILES string of the molecule is CC(C)(C)NC(=O)CNC1=NCC(c2ccccc2)S1. The normalized spacial score (nSPS) is 18.6. The van der Waals surface area contributed by atoms with Crippen LogP contribution in [0.4, 0.5) is 0 Å². The average Bonchev–Trinajstić information content (AvgIpc) is 2.84. The number of benzene rings is 1. The average molecular weight is 291 g/mol. The van der Waals surface area contributed by atoms with E-state index in [2.05, 4.69) is 27.8 Å². The Labute approximate surface area is 124 Å². The molecule has 4 nitrogen and oxygen atoms in total. The van der Waals surface area contributed by atoms with E-state index in [0.717, 1.165) is 11.7 Å². The number of thioether (sulfide) groups is 1. The van der Waals surface area contributed by atoms with Gasteiger partial charge in [0.1, 0.15) is 0 Å². The van der Waals surface area contributed by atoms with Gasteiger partial charge >= 0.3 is 0 Å². The molecule has 0 saturated heterocycles. The molecule has 20 heavy (non-hydrogen) atoms. The molecule has 1 aliphatic heterocycles. The molecule has 1 aromatic rings. The minimum absolute atomic E-state index is 0.0102. The quantitative estimate of drug-likeness (QED) is 0.898. The summed E-state index contributed by atoms with van der Waals surface area (Å²) in [5, 5.41) is 7.23. The number of carbonyl (C=O) groups is 1. The lowest BCUT2D eigenvalue weighted by molar-refractivity contribution is -0.121. The molecule has 0 aromatic heterocycles.